The zero-order chi connectivity index (χ0) is 18.8. The van der Waals surface area contributed by atoms with Crippen LogP contribution in [0.25, 0.3) is 0 Å². The number of aliphatic hydroxyl groups is 1. The van der Waals surface area contributed by atoms with Crippen LogP contribution in [-0.4, -0.2) is 56.6 Å². The number of ether oxygens (including phenoxy) is 1. The molecule has 0 spiro atoms. The minimum Gasteiger partial charge on any atom is -0.444 e. The summed E-state index contributed by atoms with van der Waals surface area (Å²) in [7, 11) is 1.79. The number of nitrogens with one attached hydrogen (secondary N) is 1. The first-order chi connectivity index (χ1) is 11.7. The van der Waals surface area contributed by atoms with E-state index < -0.39 is 11.7 Å². The lowest BCUT2D eigenvalue weighted by Crippen LogP contribution is -2.41. The highest BCUT2D eigenvalue weighted by atomic mass is 16.6. The molecule has 8 nitrogen and oxygen atoms in total. The van der Waals surface area contributed by atoms with Crippen LogP contribution in [0.1, 0.15) is 55.9 Å². The molecule has 2 amide bonds. The molecule has 0 saturated carbocycles. The van der Waals surface area contributed by atoms with Gasteiger partial charge in [-0.3, -0.25) is 9.48 Å². The summed E-state index contributed by atoms with van der Waals surface area (Å²) < 4.78 is 7.12. The van der Waals surface area contributed by atoms with Gasteiger partial charge in [0, 0.05) is 31.3 Å². The molecule has 0 fully saturated rings. The molecule has 1 aromatic heterocycles. The number of aliphatic hydroxyl groups excluding tert-OH is 1. The van der Waals surface area contributed by atoms with Gasteiger partial charge in [0.25, 0.3) is 5.91 Å². The Morgan fingerprint density at radius 3 is 2.64 bits per heavy atom. The maximum atomic E-state index is 12.5. The van der Waals surface area contributed by atoms with E-state index in [1.165, 1.54) is 0 Å². The highest BCUT2D eigenvalue weighted by Gasteiger charge is 2.31. The third kappa shape index (κ3) is 4.50. The SMILES string of the molecule is CCC(CO)NC(=O)c1nn(C)c2c1CN(C(=O)OC(C)(C)C)CC2. The van der Waals surface area contributed by atoms with Crippen molar-refractivity contribution in [3.05, 3.63) is 17.0 Å². The number of carbonyl (C=O) groups is 2. The van der Waals surface area contributed by atoms with Crippen molar-refractivity contribution in [3.63, 3.8) is 0 Å². The third-order valence-electron chi connectivity index (χ3n) is 4.16. The van der Waals surface area contributed by atoms with Crippen LogP contribution in [0.3, 0.4) is 0 Å². The Morgan fingerprint density at radius 1 is 1.40 bits per heavy atom. The molecule has 0 radical (unpaired) electrons. The van der Waals surface area contributed by atoms with Crippen molar-refractivity contribution in [1.29, 1.82) is 0 Å². The molecule has 2 heterocycles. The van der Waals surface area contributed by atoms with E-state index in [1.54, 1.807) is 16.6 Å². The summed E-state index contributed by atoms with van der Waals surface area (Å²) in [5, 5.41) is 16.4. The maximum absolute atomic E-state index is 12.5. The van der Waals surface area contributed by atoms with Crippen LogP contribution in [0.15, 0.2) is 0 Å². The van der Waals surface area contributed by atoms with Crippen molar-refractivity contribution >= 4 is 12.0 Å². The van der Waals surface area contributed by atoms with Crippen LogP contribution in [0.2, 0.25) is 0 Å². The van der Waals surface area contributed by atoms with Gasteiger partial charge in [0.1, 0.15) is 5.60 Å². The first-order valence-electron chi connectivity index (χ1n) is 8.60. The minimum absolute atomic E-state index is 0.124. The molecule has 1 aliphatic rings. The molecule has 1 atom stereocenters. The summed E-state index contributed by atoms with van der Waals surface area (Å²) in [6.45, 7) is 8.04. The van der Waals surface area contributed by atoms with Crippen LogP contribution in [0.4, 0.5) is 4.79 Å². The molecule has 140 valence electrons. The summed E-state index contributed by atoms with van der Waals surface area (Å²) in [5.41, 5.74) is 1.42. The van der Waals surface area contributed by atoms with E-state index in [4.69, 9.17) is 4.74 Å². The smallest absolute Gasteiger partial charge is 0.410 e. The van der Waals surface area contributed by atoms with Crippen LogP contribution in [-0.2, 0) is 24.8 Å². The Morgan fingerprint density at radius 2 is 2.08 bits per heavy atom. The van der Waals surface area contributed by atoms with Crippen LogP contribution in [0.5, 0.6) is 0 Å². The molecule has 0 aromatic carbocycles. The van der Waals surface area contributed by atoms with Gasteiger partial charge in [-0.25, -0.2) is 4.79 Å². The van der Waals surface area contributed by atoms with E-state index in [2.05, 4.69) is 10.4 Å². The van der Waals surface area contributed by atoms with Gasteiger partial charge in [-0.1, -0.05) is 6.92 Å². The van der Waals surface area contributed by atoms with Crippen molar-refractivity contribution in [2.75, 3.05) is 13.2 Å². The van der Waals surface area contributed by atoms with Gasteiger partial charge >= 0.3 is 6.09 Å². The fraction of sp³-hybridized carbons (Fsp3) is 0.706. The highest BCUT2D eigenvalue weighted by Crippen LogP contribution is 2.24. The van der Waals surface area contributed by atoms with E-state index in [9.17, 15) is 14.7 Å². The van der Waals surface area contributed by atoms with Crippen molar-refractivity contribution in [2.45, 2.75) is 58.7 Å². The molecular weight excluding hydrogens is 324 g/mol. The molecular formula is C17H28N4O4. The molecule has 1 unspecified atom stereocenters. The quantitative estimate of drug-likeness (QED) is 0.849. The largest absolute Gasteiger partial charge is 0.444 e. The second-order valence-electron chi connectivity index (χ2n) is 7.31. The van der Waals surface area contributed by atoms with E-state index in [-0.39, 0.29) is 25.1 Å². The number of hydrogen-bond acceptors (Lipinski definition) is 5. The number of hydrogen-bond donors (Lipinski definition) is 2. The minimum atomic E-state index is -0.567. The zero-order valence-electron chi connectivity index (χ0n) is 15.6. The summed E-state index contributed by atoms with van der Waals surface area (Å²) in [5.74, 6) is -0.330. The van der Waals surface area contributed by atoms with Crippen molar-refractivity contribution < 1.29 is 19.4 Å². The number of aromatic nitrogens is 2. The summed E-state index contributed by atoms with van der Waals surface area (Å²) in [6, 6.07) is -0.310. The van der Waals surface area contributed by atoms with E-state index in [0.29, 0.717) is 25.1 Å². The molecule has 0 bridgehead atoms. The number of aryl methyl sites for hydroxylation is 1. The number of carbonyl (C=O) groups excluding carboxylic acids is 2. The van der Waals surface area contributed by atoms with E-state index in [1.807, 2.05) is 27.7 Å². The fourth-order valence-electron chi connectivity index (χ4n) is 2.79. The Kier molecular flexibility index (Phi) is 5.72. The van der Waals surface area contributed by atoms with E-state index >= 15 is 0 Å². The average Bonchev–Trinajstić information content (AvgIpc) is 2.87. The number of nitrogens with zero attached hydrogens (tertiary/aromatic N) is 3. The molecule has 1 aromatic rings. The van der Waals surface area contributed by atoms with Crippen LogP contribution < -0.4 is 5.32 Å². The lowest BCUT2D eigenvalue weighted by molar-refractivity contribution is 0.0221. The van der Waals surface area contributed by atoms with Crippen LogP contribution in [0, 0.1) is 0 Å². The number of amides is 2. The van der Waals surface area contributed by atoms with Gasteiger partial charge in [0.15, 0.2) is 5.69 Å². The monoisotopic (exact) mass is 352 g/mol. The third-order valence-corrected chi connectivity index (χ3v) is 4.16. The zero-order valence-corrected chi connectivity index (χ0v) is 15.6. The molecule has 25 heavy (non-hydrogen) atoms. The average molecular weight is 352 g/mol. The Balaban J connectivity index is 2.20. The van der Waals surface area contributed by atoms with Gasteiger partial charge in [-0.05, 0) is 27.2 Å². The Labute approximate surface area is 148 Å². The van der Waals surface area contributed by atoms with Gasteiger partial charge in [-0.2, -0.15) is 5.10 Å². The standard InChI is InChI=1S/C17H28N4O4/c1-6-11(10-22)18-15(23)14-12-9-21(16(24)25-17(2,3)4)8-7-13(12)20(5)19-14/h11,22H,6-10H2,1-5H3,(H,18,23). The first-order valence-corrected chi connectivity index (χ1v) is 8.60. The predicted octanol–water partition coefficient (Wildman–Crippen LogP) is 1.21. The fourth-order valence-corrected chi connectivity index (χ4v) is 2.79. The summed E-state index contributed by atoms with van der Waals surface area (Å²) in [6.07, 6.45) is 0.847. The lowest BCUT2D eigenvalue weighted by Gasteiger charge is -2.30. The van der Waals surface area contributed by atoms with Gasteiger partial charge in [0.2, 0.25) is 0 Å². The number of fused-ring (bicyclic) bond motifs is 1. The molecule has 8 heteroatoms. The maximum Gasteiger partial charge on any atom is 0.410 e. The predicted molar refractivity (Wildman–Crippen MR) is 92.2 cm³/mol. The molecule has 1 aliphatic heterocycles. The van der Waals surface area contributed by atoms with Crippen molar-refractivity contribution in [3.8, 4) is 0 Å². The van der Waals surface area contributed by atoms with Crippen LogP contribution >= 0.6 is 0 Å². The highest BCUT2D eigenvalue weighted by molar-refractivity contribution is 5.94. The normalized spacial score (nSPS) is 15.5. The topological polar surface area (TPSA) is 96.7 Å². The number of rotatable bonds is 4. The van der Waals surface area contributed by atoms with E-state index in [0.717, 1.165) is 11.3 Å². The summed E-state index contributed by atoms with van der Waals surface area (Å²) >= 11 is 0. The van der Waals surface area contributed by atoms with Crippen molar-refractivity contribution in [1.82, 2.24) is 20.0 Å². The second-order valence-corrected chi connectivity index (χ2v) is 7.31. The lowest BCUT2D eigenvalue weighted by atomic mass is 10.0. The van der Waals surface area contributed by atoms with Gasteiger partial charge in [-0.15, -0.1) is 0 Å². The Bertz CT molecular complexity index is 644. The molecule has 0 aliphatic carbocycles. The molecule has 2 rings (SSSR count). The van der Waals surface area contributed by atoms with Gasteiger partial charge in [0.05, 0.1) is 19.2 Å². The van der Waals surface area contributed by atoms with Gasteiger partial charge < -0.3 is 20.1 Å². The second kappa shape index (κ2) is 7.43. The molecule has 2 N–H and O–H groups in total. The molecule has 0 saturated heterocycles. The Hall–Kier alpha value is -2.09. The van der Waals surface area contributed by atoms with Crippen molar-refractivity contribution in [2.24, 2.45) is 7.05 Å². The first kappa shape index (κ1) is 19.2. The summed E-state index contributed by atoms with van der Waals surface area (Å²) in [4.78, 5) is 26.4.